The molecule has 9 heteroatoms. The highest BCUT2D eigenvalue weighted by molar-refractivity contribution is 5.98. The number of imidazole rings is 1. The molecule has 0 spiro atoms. The van der Waals surface area contributed by atoms with Crippen LogP contribution in [-0.4, -0.2) is 41.6 Å². The maximum atomic E-state index is 13.4. The van der Waals surface area contributed by atoms with Gasteiger partial charge in [0.2, 0.25) is 5.95 Å². The first-order chi connectivity index (χ1) is 16.0. The van der Waals surface area contributed by atoms with E-state index in [2.05, 4.69) is 15.5 Å². The highest BCUT2D eigenvalue weighted by atomic mass is 16.2. The SMILES string of the molecule is CNc1nc(N2CCCC(N)C2)n(Cc2ccccc2N)c1C(=O)NCc1ccccc1N. The van der Waals surface area contributed by atoms with Crippen LogP contribution in [0.4, 0.5) is 23.1 Å². The van der Waals surface area contributed by atoms with Crippen molar-refractivity contribution in [3.8, 4) is 0 Å². The number of rotatable bonds is 7. The Labute approximate surface area is 194 Å². The van der Waals surface area contributed by atoms with E-state index in [9.17, 15) is 4.79 Å². The van der Waals surface area contributed by atoms with Gasteiger partial charge in [-0.05, 0) is 36.1 Å². The lowest BCUT2D eigenvalue weighted by Gasteiger charge is -2.32. The number of anilines is 4. The first kappa shape index (κ1) is 22.5. The summed E-state index contributed by atoms with van der Waals surface area (Å²) < 4.78 is 1.93. The van der Waals surface area contributed by atoms with Gasteiger partial charge in [0.25, 0.3) is 5.91 Å². The van der Waals surface area contributed by atoms with Crippen molar-refractivity contribution in [2.75, 3.05) is 41.8 Å². The van der Waals surface area contributed by atoms with Crippen LogP contribution >= 0.6 is 0 Å². The van der Waals surface area contributed by atoms with E-state index in [1.807, 2.05) is 53.1 Å². The molecular formula is C24H32N8O. The Kier molecular flexibility index (Phi) is 6.69. The standard InChI is InChI=1S/C24H32N8O/c1-28-22-21(23(33)29-13-16-7-2-4-10-19(16)26)32(14-17-8-3-5-11-20(17)27)24(30-22)31-12-6-9-18(25)15-31/h2-5,7-8,10-11,18,28H,6,9,12-15,25-27H2,1H3,(H,29,33). The Morgan fingerprint density at radius 1 is 1.09 bits per heavy atom. The summed E-state index contributed by atoms with van der Waals surface area (Å²) in [6.07, 6.45) is 1.96. The first-order valence-electron chi connectivity index (χ1n) is 11.2. The molecule has 1 aliphatic rings. The maximum absolute atomic E-state index is 13.4. The van der Waals surface area contributed by atoms with Crippen LogP contribution in [0.3, 0.4) is 0 Å². The average molecular weight is 449 g/mol. The first-order valence-corrected chi connectivity index (χ1v) is 11.2. The maximum Gasteiger partial charge on any atom is 0.272 e. The van der Waals surface area contributed by atoms with Crippen molar-refractivity contribution in [1.29, 1.82) is 0 Å². The number of nitrogen functional groups attached to an aromatic ring is 2. The molecule has 1 aliphatic heterocycles. The van der Waals surface area contributed by atoms with Gasteiger partial charge >= 0.3 is 0 Å². The zero-order chi connectivity index (χ0) is 23.4. The third-order valence-corrected chi connectivity index (χ3v) is 6.02. The quantitative estimate of drug-likeness (QED) is 0.348. The fraction of sp³-hybridized carbons (Fsp3) is 0.333. The van der Waals surface area contributed by atoms with Crippen molar-refractivity contribution < 1.29 is 4.79 Å². The minimum Gasteiger partial charge on any atom is -0.398 e. The molecule has 33 heavy (non-hydrogen) atoms. The predicted molar refractivity (Wildman–Crippen MR) is 133 cm³/mol. The van der Waals surface area contributed by atoms with Crippen LogP contribution in [0, 0.1) is 0 Å². The fourth-order valence-electron chi connectivity index (χ4n) is 4.23. The summed E-state index contributed by atoms with van der Waals surface area (Å²) in [6, 6.07) is 15.2. The number of piperidine rings is 1. The van der Waals surface area contributed by atoms with Gasteiger partial charge in [0.15, 0.2) is 11.5 Å². The number of hydrogen-bond donors (Lipinski definition) is 5. The van der Waals surface area contributed by atoms with Crippen molar-refractivity contribution in [3.05, 3.63) is 65.4 Å². The van der Waals surface area contributed by atoms with Crippen LogP contribution in [-0.2, 0) is 13.1 Å². The molecule has 1 fully saturated rings. The molecule has 1 atom stereocenters. The third kappa shape index (κ3) is 4.88. The number of benzene rings is 2. The summed E-state index contributed by atoms with van der Waals surface area (Å²) in [5.74, 6) is 0.983. The number of para-hydroxylation sites is 2. The molecule has 0 radical (unpaired) electrons. The highest BCUT2D eigenvalue weighted by Crippen LogP contribution is 2.28. The summed E-state index contributed by atoms with van der Waals surface area (Å²) in [6.45, 7) is 2.25. The highest BCUT2D eigenvalue weighted by Gasteiger charge is 2.28. The number of hydrogen-bond acceptors (Lipinski definition) is 7. The number of amides is 1. The Morgan fingerprint density at radius 2 is 1.76 bits per heavy atom. The lowest BCUT2D eigenvalue weighted by molar-refractivity contribution is 0.0943. The molecule has 174 valence electrons. The Bertz CT molecular complexity index is 1130. The molecule has 4 rings (SSSR count). The van der Waals surface area contributed by atoms with E-state index in [1.54, 1.807) is 7.05 Å². The summed E-state index contributed by atoms with van der Waals surface area (Å²) in [7, 11) is 1.77. The average Bonchev–Trinajstić information content (AvgIpc) is 3.18. The molecule has 1 saturated heterocycles. The third-order valence-electron chi connectivity index (χ3n) is 6.02. The molecule has 0 aliphatic carbocycles. The second-order valence-corrected chi connectivity index (χ2v) is 8.37. The normalized spacial score (nSPS) is 15.9. The Morgan fingerprint density at radius 3 is 2.39 bits per heavy atom. The van der Waals surface area contributed by atoms with E-state index in [-0.39, 0.29) is 11.9 Å². The van der Waals surface area contributed by atoms with Crippen LogP contribution in [0.5, 0.6) is 0 Å². The van der Waals surface area contributed by atoms with Crippen LogP contribution in [0.1, 0.15) is 34.5 Å². The minimum absolute atomic E-state index is 0.0714. The summed E-state index contributed by atoms with van der Waals surface area (Å²) >= 11 is 0. The molecule has 1 unspecified atom stereocenters. The van der Waals surface area contributed by atoms with Crippen molar-refractivity contribution in [2.45, 2.75) is 32.0 Å². The molecule has 2 aromatic carbocycles. The van der Waals surface area contributed by atoms with Gasteiger partial charge in [-0.25, -0.2) is 0 Å². The Balaban J connectivity index is 1.71. The molecule has 8 N–H and O–H groups in total. The van der Waals surface area contributed by atoms with E-state index in [0.717, 1.165) is 30.5 Å². The molecular weight excluding hydrogens is 416 g/mol. The molecule has 3 aromatic rings. The van der Waals surface area contributed by atoms with Crippen LogP contribution in [0.15, 0.2) is 48.5 Å². The van der Waals surface area contributed by atoms with Crippen molar-refractivity contribution >= 4 is 29.0 Å². The van der Waals surface area contributed by atoms with Gasteiger partial charge in [-0.15, -0.1) is 0 Å². The molecule has 9 nitrogen and oxygen atoms in total. The number of carbonyl (C=O) groups is 1. The van der Waals surface area contributed by atoms with Gasteiger partial charge < -0.3 is 32.7 Å². The van der Waals surface area contributed by atoms with Gasteiger partial charge in [-0.2, -0.15) is 4.98 Å². The molecule has 1 amide bonds. The van der Waals surface area contributed by atoms with Crippen molar-refractivity contribution in [3.63, 3.8) is 0 Å². The van der Waals surface area contributed by atoms with Gasteiger partial charge in [0.1, 0.15) is 0 Å². The second-order valence-electron chi connectivity index (χ2n) is 8.37. The smallest absolute Gasteiger partial charge is 0.272 e. The Hall–Kier alpha value is -3.72. The monoisotopic (exact) mass is 448 g/mol. The van der Waals surface area contributed by atoms with Gasteiger partial charge in [0, 0.05) is 44.1 Å². The lowest BCUT2D eigenvalue weighted by atomic mass is 10.1. The zero-order valence-electron chi connectivity index (χ0n) is 18.9. The zero-order valence-corrected chi connectivity index (χ0v) is 18.9. The summed E-state index contributed by atoms with van der Waals surface area (Å²) in [4.78, 5) is 20.4. The van der Waals surface area contributed by atoms with Crippen LogP contribution in [0.25, 0.3) is 0 Å². The molecule has 0 bridgehead atoms. The van der Waals surface area contributed by atoms with E-state index in [4.69, 9.17) is 22.2 Å². The van der Waals surface area contributed by atoms with Crippen LogP contribution in [0.2, 0.25) is 0 Å². The molecule has 2 heterocycles. The van der Waals surface area contributed by atoms with Gasteiger partial charge in [0.05, 0.1) is 6.54 Å². The number of nitrogens with two attached hydrogens (primary N) is 3. The van der Waals surface area contributed by atoms with Crippen molar-refractivity contribution in [2.24, 2.45) is 5.73 Å². The number of carbonyl (C=O) groups excluding carboxylic acids is 1. The van der Waals surface area contributed by atoms with E-state index >= 15 is 0 Å². The second kappa shape index (κ2) is 9.83. The van der Waals surface area contributed by atoms with E-state index < -0.39 is 0 Å². The van der Waals surface area contributed by atoms with Gasteiger partial charge in [-0.3, -0.25) is 9.36 Å². The lowest BCUT2D eigenvalue weighted by Crippen LogP contribution is -2.44. The van der Waals surface area contributed by atoms with E-state index in [0.29, 0.717) is 48.5 Å². The predicted octanol–water partition coefficient (Wildman–Crippen LogP) is 2.00. The number of nitrogens with one attached hydrogen (secondary N) is 2. The fourth-order valence-corrected chi connectivity index (χ4v) is 4.23. The molecule has 1 aromatic heterocycles. The topological polar surface area (TPSA) is 140 Å². The molecule has 0 saturated carbocycles. The minimum atomic E-state index is -0.239. The summed E-state index contributed by atoms with van der Waals surface area (Å²) in [5.41, 5.74) is 22.1. The van der Waals surface area contributed by atoms with Crippen LogP contribution < -0.4 is 32.7 Å². The number of nitrogens with zero attached hydrogens (tertiary/aromatic N) is 3. The van der Waals surface area contributed by atoms with E-state index in [1.165, 1.54) is 0 Å². The summed E-state index contributed by atoms with van der Waals surface area (Å²) in [5, 5.41) is 6.09. The largest absolute Gasteiger partial charge is 0.398 e. The number of aromatic nitrogens is 2. The van der Waals surface area contributed by atoms with Gasteiger partial charge in [-0.1, -0.05) is 36.4 Å². The van der Waals surface area contributed by atoms with Crippen molar-refractivity contribution in [1.82, 2.24) is 14.9 Å².